The highest BCUT2D eigenvalue weighted by molar-refractivity contribution is 5.78. The molecule has 0 spiro atoms. The van der Waals surface area contributed by atoms with Gasteiger partial charge in [-0.25, -0.2) is 0 Å². The minimum Gasteiger partial charge on any atom is -0.345 e. The Morgan fingerprint density at radius 1 is 1.50 bits per heavy atom. The minimum absolute atomic E-state index is 0.167. The monoisotopic (exact) mass is 249 g/mol. The lowest BCUT2D eigenvalue weighted by Gasteiger charge is -2.19. The van der Waals surface area contributed by atoms with Crippen molar-refractivity contribution in [3.05, 3.63) is 24.0 Å². The molecule has 0 aromatic carbocycles. The molecule has 18 heavy (non-hydrogen) atoms. The Hall–Kier alpha value is -1.66. The molecule has 6 heteroatoms. The molecule has 0 bridgehead atoms. The molecule has 1 amide bonds. The van der Waals surface area contributed by atoms with Gasteiger partial charge in [-0.05, 0) is 18.6 Å². The first kappa shape index (κ1) is 12.8. The van der Waals surface area contributed by atoms with E-state index < -0.39 is 0 Å². The molecular weight excluding hydrogens is 230 g/mol. The van der Waals surface area contributed by atoms with E-state index in [1.807, 2.05) is 19.2 Å². The third-order valence-electron chi connectivity index (χ3n) is 3.12. The molecule has 0 aliphatic carbocycles. The van der Waals surface area contributed by atoms with Crippen LogP contribution in [0.4, 0.5) is 5.69 Å². The Morgan fingerprint density at radius 2 is 2.33 bits per heavy atom. The molecule has 6 nitrogen and oxygen atoms in total. The summed E-state index contributed by atoms with van der Waals surface area (Å²) < 4.78 is 0. The average molecular weight is 249 g/mol. The van der Waals surface area contributed by atoms with Crippen LogP contribution >= 0.6 is 0 Å². The van der Waals surface area contributed by atoms with Gasteiger partial charge in [-0.1, -0.05) is 0 Å². The van der Waals surface area contributed by atoms with E-state index in [1.54, 1.807) is 11.1 Å². The van der Waals surface area contributed by atoms with Crippen molar-refractivity contribution in [3.8, 4) is 0 Å². The van der Waals surface area contributed by atoms with E-state index >= 15 is 0 Å². The molecule has 1 aromatic rings. The molecule has 0 atom stereocenters. The largest absolute Gasteiger partial charge is 0.345 e. The molecule has 1 saturated heterocycles. The zero-order valence-corrected chi connectivity index (χ0v) is 10.6. The van der Waals surface area contributed by atoms with Crippen molar-refractivity contribution >= 4 is 11.6 Å². The highest BCUT2D eigenvalue weighted by Gasteiger charge is 2.19. The third-order valence-corrected chi connectivity index (χ3v) is 3.12. The Bertz CT molecular complexity index is 423. The highest BCUT2D eigenvalue weighted by Crippen LogP contribution is 2.10. The zero-order valence-electron chi connectivity index (χ0n) is 10.6. The normalized spacial score (nSPS) is 17.7. The molecule has 98 valence electrons. The van der Waals surface area contributed by atoms with Gasteiger partial charge in [0, 0.05) is 32.9 Å². The van der Waals surface area contributed by atoms with Crippen molar-refractivity contribution in [2.75, 3.05) is 32.1 Å². The van der Waals surface area contributed by atoms with E-state index in [1.165, 1.54) is 0 Å². The van der Waals surface area contributed by atoms with Crippen molar-refractivity contribution in [2.24, 2.45) is 5.84 Å². The van der Waals surface area contributed by atoms with Gasteiger partial charge in [-0.3, -0.25) is 20.5 Å². The summed E-state index contributed by atoms with van der Waals surface area (Å²) in [6.07, 6.45) is 2.72. The van der Waals surface area contributed by atoms with Crippen LogP contribution in [0.5, 0.6) is 0 Å². The Morgan fingerprint density at radius 3 is 3.11 bits per heavy atom. The smallest absolute Gasteiger partial charge is 0.236 e. The van der Waals surface area contributed by atoms with E-state index in [9.17, 15) is 4.79 Å². The summed E-state index contributed by atoms with van der Waals surface area (Å²) in [5.41, 5.74) is 4.35. The van der Waals surface area contributed by atoms with E-state index in [0.29, 0.717) is 13.1 Å². The van der Waals surface area contributed by atoms with Gasteiger partial charge in [-0.2, -0.15) is 0 Å². The predicted octanol–water partition coefficient (Wildman–Crippen LogP) is 0.0313. The molecule has 0 radical (unpaired) electrons. The first-order valence-electron chi connectivity index (χ1n) is 6.07. The van der Waals surface area contributed by atoms with Crippen LogP contribution < -0.4 is 11.3 Å². The summed E-state index contributed by atoms with van der Waals surface area (Å²) in [5.74, 6) is 5.53. The maximum atomic E-state index is 11.8. The highest BCUT2D eigenvalue weighted by atomic mass is 16.2. The molecule has 2 rings (SSSR count). The quantitative estimate of drug-likeness (QED) is 0.584. The first-order chi connectivity index (χ1) is 8.69. The van der Waals surface area contributed by atoms with Gasteiger partial charge in [0.25, 0.3) is 0 Å². The molecule has 1 aliphatic rings. The van der Waals surface area contributed by atoms with Crippen LogP contribution in [-0.4, -0.2) is 47.4 Å². The summed E-state index contributed by atoms with van der Waals surface area (Å²) in [6.45, 7) is 2.87. The van der Waals surface area contributed by atoms with Gasteiger partial charge in [0.05, 0.1) is 17.9 Å². The summed E-state index contributed by atoms with van der Waals surface area (Å²) in [7, 11) is 1.85. The van der Waals surface area contributed by atoms with Crippen LogP contribution in [0.25, 0.3) is 0 Å². The molecule has 2 heterocycles. The van der Waals surface area contributed by atoms with Crippen LogP contribution in [0.3, 0.4) is 0 Å². The number of nitrogens with one attached hydrogen (secondary N) is 1. The van der Waals surface area contributed by atoms with Crippen molar-refractivity contribution in [1.29, 1.82) is 0 Å². The number of nitrogens with two attached hydrogens (primary N) is 1. The van der Waals surface area contributed by atoms with Crippen LogP contribution in [0.1, 0.15) is 12.1 Å². The number of hydrogen-bond donors (Lipinski definition) is 2. The summed E-state index contributed by atoms with van der Waals surface area (Å²) in [6, 6.07) is 3.71. The number of nitrogen functional groups attached to an aromatic ring is 1. The number of hydrogen-bond acceptors (Lipinski definition) is 5. The van der Waals surface area contributed by atoms with Crippen LogP contribution in [0.2, 0.25) is 0 Å². The third kappa shape index (κ3) is 3.18. The summed E-state index contributed by atoms with van der Waals surface area (Å²) in [4.78, 5) is 20.0. The zero-order chi connectivity index (χ0) is 13.0. The topological polar surface area (TPSA) is 74.5 Å². The molecule has 1 aliphatic heterocycles. The standard InChI is InChI=1S/C12H19N5O/c1-16-5-2-6-17(9-12(16)18)8-11-7-10(15-13)3-4-14-11/h3-4,7H,2,5-6,8-9,13H2,1H3,(H,14,15). The number of rotatable bonds is 3. The van der Waals surface area contributed by atoms with E-state index in [-0.39, 0.29) is 5.91 Å². The van der Waals surface area contributed by atoms with Crippen LogP contribution in [0, 0.1) is 0 Å². The molecular formula is C12H19N5O. The number of amides is 1. The number of anilines is 1. The molecule has 1 aromatic heterocycles. The van der Waals surface area contributed by atoms with Gasteiger partial charge >= 0.3 is 0 Å². The fourth-order valence-electron chi connectivity index (χ4n) is 2.07. The Labute approximate surface area is 107 Å². The lowest BCUT2D eigenvalue weighted by Crippen LogP contribution is -2.34. The van der Waals surface area contributed by atoms with E-state index in [4.69, 9.17) is 5.84 Å². The van der Waals surface area contributed by atoms with Crippen LogP contribution in [0.15, 0.2) is 18.3 Å². The maximum absolute atomic E-state index is 11.8. The lowest BCUT2D eigenvalue weighted by molar-refractivity contribution is -0.130. The molecule has 1 fully saturated rings. The fourth-order valence-corrected chi connectivity index (χ4v) is 2.07. The van der Waals surface area contributed by atoms with Crippen molar-refractivity contribution in [2.45, 2.75) is 13.0 Å². The van der Waals surface area contributed by atoms with Crippen molar-refractivity contribution in [3.63, 3.8) is 0 Å². The van der Waals surface area contributed by atoms with Gasteiger partial charge in [-0.15, -0.1) is 0 Å². The number of carbonyl (C=O) groups excluding carboxylic acids is 1. The number of nitrogens with zero attached hydrogens (tertiary/aromatic N) is 3. The lowest BCUT2D eigenvalue weighted by atomic mass is 10.3. The van der Waals surface area contributed by atoms with Crippen molar-refractivity contribution in [1.82, 2.24) is 14.8 Å². The van der Waals surface area contributed by atoms with Crippen molar-refractivity contribution < 1.29 is 4.79 Å². The van der Waals surface area contributed by atoms with Gasteiger partial charge in [0.15, 0.2) is 0 Å². The molecule has 0 unspecified atom stereocenters. The predicted molar refractivity (Wildman–Crippen MR) is 69.6 cm³/mol. The van der Waals surface area contributed by atoms with Crippen LogP contribution in [-0.2, 0) is 11.3 Å². The minimum atomic E-state index is 0.167. The number of pyridine rings is 1. The number of carbonyl (C=O) groups is 1. The average Bonchev–Trinajstić information content (AvgIpc) is 2.52. The number of likely N-dealkylation sites (N-methyl/N-ethyl adjacent to an activating group) is 1. The molecule has 3 N–H and O–H groups in total. The number of aromatic nitrogens is 1. The fraction of sp³-hybridized carbons (Fsp3) is 0.500. The number of hydrazine groups is 1. The van der Waals surface area contributed by atoms with Gasteiger partial charge < -0.3 is 10.3 Å². The second-order valence-electron chi connectivity index (χ2n) is 4.56. The summed E-state index contributed by atoms with van der Waals surface area (Å²) >= 11 is 0. The van der Waals surface area contributed by atoms with E-state index in [2.05, 4.69) is 15.3 Å². The molecule has 0 saturated carbocycles. The first-order valence-corrected chi connectivity index (χ1v) is 6.07. The maximum Gasteiger partial charge on any atom is 0.236 e. The Balaban J connectivity index is 2.01. The SMILES string of the molecule is CN1CCCN(Cc2cc(NN)ccn2)CC1=O. The summed E-state index contributed by atoms with van der Waals surface area (Å²) in [5, 5.41) is 0. The van der Waals surface area contributed by atoms with Gasteiger partial charge in [0.1, 0.15) is 0 Å². The Kier molecular flexibility index (Phi) is 4.11. The second-order valence-corrected chi connectivity index (χ2v) is 4.56. The van der Waals surface area contributed by atoms with E-state index in [0.717, 1.165) is 30.9 Å². The van der Waals surface area contributed by atoms with Gasteiger partial charge in [0.2, 0.25) is 5.91 Å². The second kappa shape index (κ2) is 5.79.